The van der Waals surface area contributed by atoms with Gasteiger partial charge >= 0.3 is 6.01 Å². The predicted molar refractivity (Wildman–Crippen MR) is 51.9 cm³/mol. The molecule has 0 fully saturated rings. The Morgan fingerprint density at radius 1 is 1.40 bits per heavy atom. The van der Waals surface area contributed by atoms with Crippen molar-refractivity contribution in [3.8, 4) is 11.8 Å². The molecule has 0 spiro atoms. The van der Waals surface area contributed by atoms with Gasteiger partial charge in [-0.3, -0.25) is 4.68 Å². The van der Waals surface area contributed by atoms with Gasteiger partial charge in [-0.15, -0.1) is 5.10 Å². The Labute approximate surface area is 85.3 Å². The summed E-state index contributed by atoms with van der Waals surface area (Å²) in [4.78, 5) is 3.84. The van der Waals surface area contributed by atoms with Crippen molar-refractivity contribution in [1.82, 2.24) is 14.8 Å². The molecule has 15 heavy (non-hydrogen) atoms. The van der Waals surface area contributed by atoms with Crippen LogP contribution in [0.5, 0.6) is 11.8 Å². The van der Waals surface area contributed by atoms with Crippen LogP contribution in [0.1, 0.15) is 0 Å². The summed E-state index contributed by atoms with van der Waals surface area (Å²) < 4.78 is 19.6. The van der Waals surface area contributed by atoms with E-state index < -0.39 is 5.82 Å². The molecule has 0 radical (unpaired) electrons. The number of rotatable bonds is 2. The number of ether oxygens (including phenoxy) is 1. The molecular formula is C9H9FN4O. The lowest BCUT2D eigenvalue weighted by atomic mass is 10.3. The van der Waals surface area contributed by atoms with Gasteiger partial charge in [0.05, 0.1) is 0 Å². The highest BCUT2D eigenvalue weighted by Crippen LogP contribution is 2.21. The molecule has 0 saturated carbocycles. The van der Waals surface area contributed by atoms with Gasteiger partial charge in [0.2, 0.25) is 0 Å². The SMILES string of the molecule is Cn1cnc(Oc2cc(N)cc(F)c2)n1. The number of aromatic nitrogens is 3. The van der Waals surface area contributed by atoms with Gasteiger partial charge < -0.3 is 10.5 Å². The topological polar surface area (TPSA) is 66.0 Å². The average Bonchev–Trinajstić information content (AvgIpc) is 2.49. The van der Waals surface area contributed by atoms with Crippen LogP contribution in [-0.2, 0) is 7.05 Å². The van der Waals surface area contributed by atoms with Crippen LogP contribution in [0.2, 0.25) is 0 Å². The van der Waals surface area contributed by atoms with Gasteiger partial charge in [-0.25, -0.2) is 4.39 Å². The molecule has 2 rings (SSSR count). The van der Waals surface area contributed by atoms with Crippen LogP contribution in [0.4, 0.5) is 10.1 Å². The Bertz CT molecular complexity index is 462. The summed E-state index contributed by atoms with van der Waals surface area (Å²) in [6, 6.07) is 4.08. The Morgan fingerprint density at radius 3 is 2.80 bits per heavy atom. The smallest absolute Gasteiger partial charge is 0.340 e. The lowest BCUT2D eigenvalue weighted by Gasteiger charge is -2.01. The van der Waals surface area contributed by atoms with Crippen LogP contribution in [0, 0.1) is 5.82 Å². The maximum absolute atomic E-state index is 12.9. The van der Waals surface area contributed by atoms with Gasteiger partial charge in [-0.05, 0) is 6.07 Å². The summed E-state index contributed by atoms with van der Waals surface area (Å²) in [5, 5.41) is 3.89. The van der Waals surface area contributed by atoms with Crippen LogP contribution in [0.3, 0.4) is 0 Å². The molecule has 78 valence electrons. The summed E-state index contributed by atoms with van der Waals surface area (Å²) in [5.41, 5.74) is 5.74. The second-order valence-corrected chi connectivity index (χ2v) is 3.02. The second-order valence-electron chi connectivity index (χ2n) is 3.02. The fraction of sp³-hybridized carbons (Fsp3) is 0.111. The van der Waals surface area contributed by atoms with Crippen molar-refractivity contribution in [2.45, 2.75) is 0 Å². The molecule has 2 aromatic rings. The molecule has 0 bridgehead atoms. The van der Waals surface area contributed by atoms with E-state index in [9.17, 15) is 4.39 Å². The van der Waals surface area contributed by atoms with Crippen molar-refractivity contribution in [3.05, 3.63) is 30.3 Å². The van der Waals surface area contributed by atoms with Gasteiger partial charge in [0.25, 0.3) is 0 Å². The minimum atomic E-state index is -0.457. The van der Waals surface area contributed by atoms with Crippen LogP contribution in [0.15, 0.2) is 24.5 Å². The predicted octanol–water partition coefficient (Wildman–Crippen LogP) is 1.33. The third-order valence-corrected chi connectivity index (χ3v) is 1.68. The highest BCUT2D eigenvalue weighted by Gasteiger charge is 2.04. The Hall–Kier alpha value is -2.11. The van der Waals surface area contributed by atoms with E-state index in [0.29, 0.717) is 5.69 Å². The molecule has 1 heterocycles. The minimum Gasteiger partial charge on any atom is -0.423 e. The molecule has 5 nitrogen and oxygen atoms in total. The first-order valence-electron chi connectivity index (χ1n) is 4.23. The van der Waals surface area contributed by atoms with Crippen LogP contribution >= 0.6 is 0 Å². The number of nitrogen functional groups attached to an aromatic ring is 1. The number of halogens is 1. The van der Waals surface area contributed by atoms with Crippen LogP contribution < -0.4 is 10.5 Å². The number of nitrogens with two attached hydrogens (primary N) is 1. The fourth-order valence-electron chi connectivity index (χ4n) is 1.12. The van der Waals surface area contributed by atoms with Crippen LogP contribution in [-0.4, -0.2) is 14.8 Å². The molecule has 0 unspecified atom stereocenters. The number of hydrogen-bond acceptors (Lipinski definition) is 4. The van der Waals surface area contributed by atoms with Crippen molar-refractivity contribution in [2.24, 2.45) is 7.05 Å². The molecule has 6 heteroatoms. The van der Waals surface area contributed by atoms with Crippen molar-refractivity contribution in [2.75, 3.05) is 5.73 Å². The van der Waals surface area contributed by atoms with Gasteiger partial charge in [0.15, 0.2) is 0 Å². The van der Waals surface area contributed by atoms with Crippen LogP contribution in [0.25, 0.3) is 0 Å². The maximum Gasteiger partial charge on any atom is 0.340 e. The molecule has 0 aliphatic carbocycles. The number of hydrogen-bond donors (Lipinski definition) is 1. The quantitative estimate of drug-likeness (QED) is 0.756. The van der Waals surface area contributed by atoms with Gasteiger partial charge in [0.1, 0.15) is 17.9 Å². The van der Waals surface area contributed by atoms with E-state index in [4.69, 9.17) is 10.5 Å². The van der Waals surface area contributed by atoms with E-state index in [1.165, 1.54) is 29.2 Å². The fourth-order valence-corrected chi connectivity index (χ4v) is 1.12. The number of nitrogens with zero attached hydrogens (tertiary/aromatic N) is 3. The molecule has 0 atom stereocenters. The second kappa shape index (κ2) is 3.56. The first-order chi connectivity index (χ1) is 7.13. The summed E-state index contributed by atoms with van der Waals surface area (Å²) in [7, 11) is 1.71. The summed E-state index contributed by atoms with van der Waals surface area (Å²) in [5.74, 6) is -0.181. The van der Waals surface area contributed by atoms with E-state index >= 15 is 0 Å². The zero-order valence-electron chi connectivity index (χ0n) is 8.01. The van der Waals surface area contributed by atoms with Gasteiger partial charge in [0, 0.05) is 24.9 Å². The Balaban J connectivity index is 2.24. The average molecular weight is 208 g/mol. The van der Waals surface area contributed by atoms with E-state index in [1.54, 1.807) is 7.05 Å². The largest absolute Gasteiger partial charge is 0.423 e. The van der Waals surface area contributed by atoms with E-state index in [0.717, 1.165) is 0 Å². The standard InChI is InChI=1S/C9H9FN4O/c1-14-5-12-9(13-14)15-8-3-6(10)2-7(11)4-8/h2-5H,11H2,1H3. The first-order valence-corrected chi connectivity index (χ1v) is 4.23. The van der Waals surface area contributed by atoms with Gasteiger partial charge in [-0.1, -0.05) is 0 Å². The van der Waals surface area contributed by atoms with E-state index in [2.05, 4.69) is 10.1 Å². The highest BCUT2D eigenvalue weighted by atomic mass is 19.1. The summed E-state index contributed by atoms with van der Waals surface area (Å²) in [6.45, 7) is 0. The molecular weight excluding hydrogens is 199 g/mol. The number of anilines is 1. The number of aryl methyl sites for hydroxylation is 1. The van der Waals surface area contributed by atoms with Crippen molar-refractivity contribution in [1.29, 1.82) is 0 Å². The Morgan fingerprint density at radius 2 is 2.20 bits per heavy atom. The lowest BCUT2D eigenvalue weighted by molar-refractivity contribution is 0.435. The Kier molecular flexibility index (Phi) is 2.24. The molecule has 1 aromatic carbocycles. The molecule has 2 N–H and O–H groups in total. The highest BCUT2D eigenvalue weighted by molar-refractivity contribution is 5.44. The third kappa shape index (κ3) is 2.22. The van der Waals surface area contributed by atoms with E-state index in [-0.39, 0.29) is 11.8 Å². The molecule has 0 saturated heterocycles. The van der Waals surface area contributed by atoms with Gasteiger partial charge in [-0.2, -0.15) is 4.98 Å². The monoisotopic (exact) mass is 208 g/mol. The van der Waals surface area contributed by atoms with Crippen molar-refractivity contribution in [3.63, 3.8) is 0 Å². The minimum absolute atomic E-state index is 0.155. The van der Waals surface area contributed by atoms with E-state index in [1.807, 2.05) is 0 Å². The third-order valence-electron chi connectivity index (χ3n) is 1.68. The zero-order chi connectivity index (χ0) is 10.8. The molecule has 0 aliphatic heterocycles. The summed E-state index contributed by atoms with van der Waals surface area (Å²) in [6.07, 6.45) is 1.48. The van der Waals surface area contributed by atoms with Crippen molar-refractivity contribution < 1.29 is 9.13 Å². The van der Waals surface area contributed by atoms with Crippen molar-refractivity contribution >= 4 is 5.69 Å². The lowest BCUT2D eigenvalue weighted by Crippen LogP contribution is -1.92. The number of benzene rings is 1. The summed E-state index contributed by atoms with van der Waals surface area (Å²) >= 11 is 0. The zero-order valence-corrected chi connectivity index (χ0v) is 8.01. The maximum atomic E-state index is 12.9. The molecule has 0 amide bonds. The normalized spacial score (nSPS) is 10.3. The molecule has 0 aliphatic rings. The first kappa shape index (κ1) is 9.45. The molecule has 1 aromatic heterocycles.